The van der Waals surface area contributed by atoms with Crippen LogP contribution in [0.3, 0.4) is 0 Å². The number of aryl methyl sites for hydroxylation is 1. The first kappa shape index (κ1) is 25.0. The van der Waals surface area contributed by atoms with Crippen molar-refractivity contribution < 1.29 is 19.0 Å². The Morgan fingerprint density at radius 3 is 2.81 bits per heavy atom. The van der Waals surface area contributed by atoms with E-state index in [9.17, 15) is 5.11 Å². The fourth-order valence-corrected chi connectivity index (χ4v) is 4.70. The van der Waals surface area contributed by atoms with Gasteiger partial charge in [0.2, 0.25) is 11.8 Å². The predicted octanol–water partition coefficient (Wildman–Crippen LogP) is 3.46. The van der Waals surface area contributed by atoms with E-state index in [-0.39, 0.29) is 24.6 Å². The van der Waals surface area contributed by atoms with Gasteiger partial charge in [-0.15, -0.1) is 5.10 Å². The van der Waals surface area contributed by atoms with Gasteiger partial charge in [0.05, 0.1) is 53.5 Å². The number of fused-ring (bicyclic) bond motifs is 4. The van der Waals surface area contributed by atoms with E-state index < -0.39 is 0 Å². The molecule has 1 aliphatic rings. The van der Waals surface area contributed by atoms with Crippen molar-refractivity contribution in [3.63, 3.8) is 0 Å². The molecule has 0 fully saturated rings. The molecule has 10 nitrogen and oxygen atoms in total. The van der Waals surface area contributed by atoms with Gasteiger partial charge in [-0.2, -0.15) is 10.2 Å². The summed E-state index contributed by atoms with van der Waals surface area (Å²) < 4.78 is 31.0. The molecular formula is C26H32FN7O3. The van der Waals surface area contributed by atoms with Crippen molar-refractivity contribution in [1.82, 2.24) is 34.7 Å². The third-order valence-electron chi connectivity index (χ3n) is 6.29. The van der Waals surface area contributed by atoms with Crippen LogP contribution in [0.25, 0.3) is 34.2 Å². The van der Waals surface area contributed by atoms with Crippen molar-refractivity contribution in [3.05, 3.63) is 41.1 Å². The van der Waals surface area contributed by atoms with E-state index in [0.717, 1.165) is 16.6 Å². The van der Waals surface area contributed by atoms with Gasteiger partial charge in [0, 0.05) is 37.2 Å². The van der Waals surface area contributed by atoms with Gasteiger partial charge >= 0.3 is 0 Å². The van der Waals surface area contributed by atoms with Crippen molar-refractivity contribution in [3.8, 4) is 22.9 Å². The number of benzene rings is 1. The maximum Gasteiger partial charge on any atom is 0.240 e. The van der Waals surface area contributed by atoms with Crippen LogP contribution < -0.4 is 9.47 Å². The van der Waals surface area contributed by atoms with E-state index in [1.807, 2.05) is 40.0 Å². The molecule has 5 rings (SSSR count). The van der Waals surface area contributed by atoms with Gasteiger partial charge in [-0.1, -0.05) is 0 Å². The molecule has 196 valence electrons. The summed E-state index contributed by atoms with van der Waals surface area (Å²) in [4.78, 5) is 2.12. The number of ether oxygens (including phenoxy) is 2. The topological polar surface area (TPSA) is 106 Å². The number of aliphatic hydroxyl groups excluding tert-OH is 1. The number of aromatic amines is 1. The summed E-state index contributed by atoms with van der Waals surface area (Å²) in [7, 11) is 3.77. The molecule has 0 unspecified atom stereocenters. The Labute approximate surface area is 214 Å². The molecule has 0 radical (unpaired) electrons. The van der Waals surface area contributed by atoms with Crippen molar-refractivity contribution in [1.29, 1.82) is 0 Å². The second kappa shape index (κ2) is 9.98. The highest BCUT2D eigenvalue weighted by Gasteiger charge is 2.24. The van der Waals surface area contributed by atoms with Gasteiger partial charge in [0.15, 0.2) is 0 Å². The maximum absolute atomic E-state index is 15.2. The highest BCUT2D eigenvalue weighted by atomic mass is 19.1. The average molecular weight is 510 g/mol. The molecule has 1 aromatic carbocycles. The molecule has 0 aliphatic carbocycles. The minimum atomic E-state index is -0.390. The van der Waals surface area contributed by atoms with Crippen LogP contribution in [0.1, 0.15) is 37.7 Å². The lowest BCUT2D eigenvalue weighted by atomic mass is 10.0. The van der Waals surface area contributed by atoms with Gasteiger partial charge in [-0.25, -0.2) is 9.07 Å². The monoisotopic (exact) mass is 509 g/mol. The number of halogens is 1. The fraction of sp³-hybridized carbons (Fsp3) is 0.423. The molecule has 1 aliphatic heterocycles. The summed E-state index contributed by atoms with van der Waals surface area (Å²) >= 11 is 0. The minimum Gasteiger partial charge on any atom is -0.473 e. The molecule has 0 saturated carbocycles. The Hall–Kier alpha value is -3.70. The molecule has 2 bridgehead atoms. The summed E-state index contributed by atoms with van der Waals surface area (Å²) in [5.74, 6) is 0.591. The van der Waals surface area contributed by atoms with Crippen molar-refractivity contribution in [2.75, 3.05) is 20.2 Å². The predicted molar refractivity (Wildman–Crippen MR) is 139 cm³/mol. The van der Waals surface area contributed by atoms with Crippen molar-refractivity contribution in [2.45, 2.75) is 46.1 Å². The number of rotatable bonds is 4. The lowest BCUT2D eigenvalue weighted by Gasteiger charge is -2.23. The number of nitrogens with zero attached hydrogens (tertiary/aromatic N) is 6. The Bertz CT molecular complexity index is 1450. The van der Waals surface area contributed by atoms with E-state index in [1.54, 1.807) is 28.7 Å². The van der Waals surface area contributed by atoms with Crippen LogP contribution >= 0.6 is 0 Å². The molecule has 0 saturated heterocycles. The van der Waals surface area contributed by atoms with Gasteiger partial charge in [0.25, 0.3) is 0 Å². The van der Waals surface area contributed by atoms with Crippen molar-refractivity contribution >= 4 is 23.1 Å². The summed E-state index contributed by atoms with van der Waals surface area (Å²) in [6.45, 7) is 7.28. The molecule has 0 spiro atoms. The average Bonchev–Trinajstić information content (AvgIpc) is 3.47. The summed E-state index contributed by atoms with van der Waals surface area (Å²) in [5.41, 5.74) is 3.91. The van der Waals surface area contributed by atoms with E-state index in [2.05, 4.69) is 25.3 Å². The summed E-state index contributed by atoms with van der Waals surface area (Å²) in [6.07, 6.45) is 5.12. The van der Waals surface area contributed by atoms with E-state index >= 15 is 4.39 Å². The number of H-pyrrole nitrogens is 1. The molecule has 11 heteroatoms. The van der Waals surface area contributed by atoms with E-state index in [0.29, 0.717) is 53.7 Å². The van der Waals surface area contributed by atoms with Crippen LogP contribution in [-0.4, -0.2) is 72.2 Å². The second-order valence-electron chi connectivity index (χ2n) is 9.71. The van der Waals surface area contributed by atoms with Crippen molar-refractivity contribution in [2.24, 2.45) is 7.05 Å². The van der Waals surface area contributed by atoms with Crippen LogP contribution in [0.2, 0.25) is 0 Å². The lowest BCUT2D eigenvalue weighted by Crippen LogP contribution is -2.32. The number of likely N-dealkylation sites (N-methyl/N-ethyl adjacent to an activating group) is 1. The van der Waals surface area contributed by atoms with E-state index in [1.165, 1.54) is 6.07 Å². The lowest BCUT2D eigenvalue weighted by molar-refractivity contribution is 0.146. The van der Waals surface area contributed by atoms with Gasteiger partial charge in [0.1, 0.15) is 11.9 Å². The molecule has 4 heterocycles. The number of aromatic nitrogens is 6. The van der Waals surface area contributed by atoms with Gasteiger partial charge in [-0.05, 0) is 46.0 Å². The van der Waals surface area contributed by atoms with E-state index in [4.69, 9.17) is 9.47 Å². The molecular weight excluding hydrogens is 477 g/mol. The number of nitrogens with one attached hydrogen (secondary N) is 1. The van der Waals surface area contributed by atoms with Crippen LogP contribution in [0.5, 0.6) is 11.8 Å². The minimum absolute atomic E-state index is 0.0518. The highest BCUT2D eigenvalue weighted by Crippen LogP contribution is 2.36. The number of aliphatic hydroxyl groups is 1. The standard InChI is InChI=1S/C26H32FN7O3/c1-15(2)36-25-17-6-7-22-19-10-18(21(27)11-23(19)30-29-22)20-12-28-33(5)26(20)37-16(3)13-32(4)14-24(17)34(31-25)8-9-35/h6-7,10-12,15-16,35H,8-9,13-14H2,1-5H3,(H,29,30)/b7-6+/t16-/m0/s1. The third kappa shape index (κ3) is 4.84. The zero-order chi connectivity index (χ0) is 26.3. The first-order valence-electron chi connectivity index (χ1n) is 12.4. The van der Waals surface area contributed by atoms with Crippen LogP contribution in [-0.2, 0) is 20.1 Å². The first-order chi connectivity index (χ1) is 17.7. The zero-order valence-electron chi connectivity index (χ0n) is 21.7. The highest BCUT2D eigenvalue weighted by molar-refractivity contribution is 5.93. The zero-order valence-corrected chi connectivity index (χ0v) is 21.7. The Kier molecular flexibility index (Phi) is 6.74. The van der Waals surface area contributed by atoms with Gasteiger partial charge in [-0.3, -0.25) is 14.7 Å². The SMILES string of the molecule is CC(C)Oc1nn(CCO)c2c1/C=C/c1n[nH]c3cc(F)c(cc13)-c1cnn(C)c1O[C@@H](C)CN(C)C2. The molecule has 2 N–H and O–H groups in total. The molecule has 1 atom stereocenters. The number of hydrogen-bond donors (Lipinski definition) is 2. The molecule has 37 heavy (non-hydrogen) atoms. The smallest absolute Gasteiger partial charge is 0.240 e. The molecule has 0 amide bonds. The van der Waals surface area contributed by atoms with Crippen LogP contribution in [0.15, 0.2) is 18.3 Å². The number of hydrogen-bond acceptors (Lipinski definition) is 7. The Morgan fingerprint density at radius 2 is 2.05 bits per heavy atom. The maximum atomic E-state index is 15.2. The van der Waals surface area contributed by atoms with Gasteiger partial charge < -0.3 is 14.6 Å². The molecule has 3 aromatic heterocycles. The van der Waals surface area contributed by atoms with Crippen LogP contribution in [0, 0.1) is 5.82 Å². The third-order valence-corrected chi connectivity index (χ3v) is 6.29. The van der Waals surface area contributed by atoms with Crippen LogP contribution in [0.4, 0.5) is 4.39 Å². The Balaban J connectivity index is 1.71. The molecule has 4 aromatic rings. The first-order valence-corrected chi connectivity index (χ1v) is 12.4. The normalized spacial score (nSPS) is 17.4. The quantitative estimate of drug-likeness (QED) is 0.434. The second-order valence-corrected chi connectivity index (χ2v) is 9.71. The largest absolute Gasteiger partial charge is 0.473 e. The Morgan fingerprint density at radius 1 is 1.24 bits per heavy atom. The summed E-state index contributed by atoms with van der Waals surface area (Å²) in [6, 6.07) is 3.22. The fourth-order valence-electron chi connectivity index (χ4n) is 4.70. The summed E-state index contributed by atoms with van der Waals surface area (Å²) in [5, 5.41) is 26.8.